The number of nitrogens with two attached hydrogens (primary N) is 1. The van der Waals surface area contributed by atoms with Gasteiger partial charge in [0.05, 0.1) is 13.7 Å². The molecule has 3 nitrogen and oxygen atoms in total. The monoisotopic (exact) mass is 275 g/mol. The van der Waals surface area contributed by atoms with E-state index in [1.807, 2.05) is 18.2 Å². The summed E-state index contributed by atoms with van der Waals surface area (Å²) in [7, 11) is 1.60. The number of halogens is 1. The maximum atomic E-state index is 13.5. The summed E-state index contributed by atoms with van der Waals surface area (Å²) in [5.41, 5.74) is 8.62. The second kappa shape index (κ2) is 6.50. The molecule has 0 bridgehead atoms. The van der Waals surface area contributed by atoms with E-state index < -0.39 is 5.82 Å². The van der Waals surface area contributed by atoms with Crippen LogP contribution in [0, 0.1) is 5.82 Å². The number of hydrogen-bond acceptors (Lipinski definition) is 3. The molecule has 2 rings (SSSR count). The van der Waals surface area contributed by atoms with E-state index >= 15 is 0 Å². The highest BCUT2D eigenvalue weighted by Gasteiger charge is 2.10. The molecule has 2 aromatic carbocycles. The molecule has 20 heavy (non-hydrogen) atoms. The van der Waals surface area contributed by atoms with Crippen LogP contribution in [0.5, 0.6) is 5.75 Å². The van der Waals surface area contributed by atoms with Gasteiger partial charge in [-0.3, -0.25) is 0 Å². The number of methoxy groups -OCH3 is 1. The summed E-state index contributed by atoms with van der Waals surface area (Å²) in [6.07, 6.45) is 0.769. The van der Waals surface area contributed by atoms with E-state index in [1.165, 1.54) is 6.07 Å². The Balaban J connectivity index is 2.51. The first-order valence-corrected chi connectivity index (χ1v) is 6.46. The average molecular weight is 275 g/mol. The lowest BCUT2D eigenvalue weighted by atomic mass is 9.99. The molecule has 0 aromatic heterocycles. The van der Waals surface area contributed by atoms with E-state index in [0.717, 1.165) is 23.1 Å². The minimum atomic E-state index is -0.409. The van der Waals surface area contributed by atoms with Gasteiger partial charge >= 0.3 is 0 Å². The Labute approximate surface area is 117 Å². The highest BCUT2D eigenvalue weighted by atomic mass is 19.1. The largest absolute Gasteiger partial charge is 0.496 e. The highest BCUT2D eigenvalue weighted by molar-refractivity contribution is 5.71. The van der Waals surface area contributed by atoms with Gasteiger partial charge in [-0.05, 0) is 48.4 Å². The van der Waals surface area contributed by atoms with Crippen LogP contribution in [-0.2, 0) is 13.0 Å². The van der Waals surface area contributed by atoms with Gasteiger partial charge in [0.1, 0.15) is 11.6 Å². The second-order valence-electron chi connectivity index (χ2n) is 4.54. The molecule has 0 unspecified atom stereocenters. The van der Waals surface area contributed by atoms with Crippen molar-refractivity contribution in [1.29, 1.82) is 0 Å². The number of ether oxygens (including phenoxy) is 1. The van der Waals surface area contributed by atoms with Crippen LogP contribution >= 0.6 is 0 Å². The first-order valence-electron chi connectivity index (χ1n) is 6.46. The maximum Gasteiger partial charge on any atom is 0.128 e. The third-order valence-electron chi connectivity index (χ3n) is 3.22. The Morgan fingerprint density at radius 2 is 2.00 bits per heavy atom. The fraction of sp³-hybridized carbons (Fsp3) is 0.250. The van der Waals surface area contributed by atoms with Gasteiger partial charge < -0.3 is 15.6 Å². The molecular formula is C16H18FNO2. The minimum Gasteiger partial charge on any atom is -0.496 e. The zero-order chi connectivity index (χ0) is 14.5. The lowest BCUT2D eigenvalue weighted by Gasteiger charge is -2.12. The molecule has 106 valence electrons. The molecule has 0 aliphatic heterocycles. The Morgan fingerprint density at radius 1 is 1.20 bits per heavy atom. The predicted octanol–water partition coefficient (Wildman–Crippen LogP) is 2.49. The van der Waals surface area contributed by atoms with Crippen LogP contribution < -0.4 is 10.5 Å². The Bertz CT molecular complexity index is 599. The summed E-state index contributed by atoms with van der Waals surface area (Å²) in [5, 5.41) is 9.17. The fourth-order valence-corrected chi connectivity index (χ4v) is 2.17. The van der Waals surface area contributed by atoms with Crippen molar-refractivity contribution in [1.82, 2.24) is 0 Å². The molecule has 0 spiro atoms. The van der Waals surface area contributed by atoms with Crippen molar-refractivity contribution < 1.29 is 14.2 Å². The number of aliphatic hydroxyl groups excluding tert-OH is 1. The molecule has 0 fully saturated rings. The molecule has 0 aliphatic rings. The molecule has 0 aliphatic carbocycles. The summed E-state index contributed by atoms with van der Waals surface area (Å²) in [5.74, 6) is 0.301. The summed E-state index contributed by atoms with van der Waals surface area (Å²) >= 11 is 0. The second-order valence-corrected chi connectivity index (χ2v) is 4.54. The Morgan fingerprint density at radius 3 is 2.65 bits per heavy atom. The molecule has 0 radical (unpaired) electrons. The smallest absolute Gasteiger partial charge is 0.128 e. The molecule has 4 heteroatoms. The van der Waals surface area contributed by atoms with Crippen LogP contribution in [0.4, 0.5) is 4.39 Å². The lowest BCUT2D eigenvalue weighted by Crippen LogP contribution is -2.03. The first-order chi connectivity index (χ1) is 9.69. The van der Waals surface area contributed by atoms with E-state index in [9.17, 15) is 4.39 Å². The molecule has 0 amide bonds. The van der Waals surface area contributed by atoms with Gasteiger partial charge in [-0.25, -0.2) is 4.39 Å². The van der Waals surface area contributed by atoms with Crippen LogP contribution in [0.15, 0.2) is 36.4 Å². The predicted molar refractivity (Wildman–Crippen MR) is 77.1 cm³/mol. The number of hydrogen-bond donors (Lipinski definition) is 2. The summed E-state index contributed by atoms with van der Waals surface area (Å²) < 4.78 is 18.8. The number of benzene rings is 2. The van der Waals surface area contributed by atoms with Gasteiger partial charge in [-0.1, -0.05) is 12.1 Å². The normalized spacial score (nSPS) is 10.6. The summed E-state index contributed by atoms with van der Waals surface area (Å²) in [4.78, 5) is 0. The number of rotatable bonds is 5. The Kier molecular flexibility index (Phi) is 4.71. The van der Waals surface area contributed by atoms with Gasteiger partial charge in [-0.15, -0.1) is 0 Å². The molecule has 0 heterocycles. The van der Waals surface area contributed by atoms with E-state index in [1.54, 1.807) is 19.2 Å². The highest BCUT2D eigenvalue weighted by Crippen LogP contribution is 2.32. The first kappa shape index (κ1) is 14.5. The van der Waals surface area contributed by atoms with Gasteiger partial charge in [0.25, 0.3) is 0 Å². The van der Waals surface area contributed by atoms with Crippen molar-refractivity contribution in [3.8, 4) is 16.9 Å². The van der Waals surface area contributed by atoms with Crippen molar-refractivity contribution in [3.63, 3.8) is 0 Å². The van der Waals surface area contributed by atoms with E-state index in [-0.39, 0.29) is 12.2 Å². The SMILES string of the molecule is COc1ccc(CCN)cc1-c1ccc(F)c(CO)c1. The van der Waals surface area contributed by atoms with Crippen molar-refractivity contribution in [2.24, 2.45) is 5.73 Å². The third-order valence-corrected chi connectivity index (χ3v) is 3.22. The van der Waals surface area contributed by atoms with E-state index in [0.29, 0.717) is 12.3 Å². The quantitative estimate of drug-likeness (QED) is 0.881. The molecule has 0 saturated carbocycles. The van der Waals surface area contributed by atoms with E-state index in [4.69, 9.17) is 15.6 Å². The van der Waals surface area contributed by atoms with Gasteiger partial charge in [0.15, 0.2) is 0 Å². The maximum absolute atomic E-state index is 13.5. The third kappa shape index (κ3) is 2.98. The summed E-state index contributed by atoms with van der Waals surface area (Å²) in [6.45, 7) is 0.238. The zero-order valence-electron chi connectivity index (χ0n) is 11.4. The molecule has 0 atom stereocenters. The van der Waals surface area contributed by atoms with Crippen LogP contribution in [0.25, 0.3) is 11.1 Å². The van der Waals surface area contributed by atoms with Crippen LogP contribution in [0.2, 0.25) is 0 Å². The zero-order valence-corrected chi connectivity index (χ0v) is 11.4. The Hall–Kier alpha value is -1.91. The topological polar surface area (TPSA) is 55.5 Å². The van der Waals surface area contributed by atoms with Gasteiger partial charge in [-0.2, -0.15) is 0 Å². The summed E-state index contributed by atoms with van der Waals surface area (Å²) in [6, 6.07) is 10.5. The standard InChI is InChI=1S/C16H18FNO2/c1-20-16-5-2-11(6-7-18)8-14(16)12-3-4-15(17)13(9-12)10-19/h2-5,8-9,19H,6-7,10,18H2,1H3. The molecule has 3 N–H and O–H groups in total. The minimum absolute atomic E-state index is 0.272. The molecule has 0 saturated heterocycles. The van der Waals surface area contributed by atoms with Crippen LogP contribution in [-0.4, -0.2) is 18.8 Å². The van der Waals surface area contributed by atoms with Crippen molar-refractivity contribution >= 4 is 0 Å². The van der Waals surface area contributed by atoms with Crippen LogP contribution in [0.3, 0.4) is 0 Å². The van der Waals surface area contributed by atoms with E-state index in [2.05, 4.69) is 0 Å². The number of aliphatic hydroxyl groups is 1. The molecular weight excluding hydrogens is 257 g/mol. The fourth-order valence-electron chi connectivity index (χ4n) is 2.17. The average Bonchev–Trinajstić information content (AvgIpc) is 2.48. The molecule has 2 aromatic rings. The lowest BCUT2D eigenvalue weighted by molar-refractivity contribution is 0.276. The van der Waals surface area contributed by atoms with Crippen molar-refractivity contribution in [2.75, 3.05) is 13.7 Å². The van der Waals surface area contributed by atoms with Gasteiger partial charge in [0, 0.05) is 11.1 Å². The van der Waals surface area contributed by atoms with Crippen molar-refractivity contribution in [3.05, 3.63) is 53.3 Å². The van der Waals surface area contributed by atoms with Gasteiger partial charge in [0.2, 0.25) is 0 Å². The van der Waals surface area contributed by atoms with Crippen LogP contribution in [0.1, 0.15) is 11.1 Å². The van der Waals surface area contributed by atoms with Crippen molar-refractivity contribution in [2.45, 2.75) is 13.0 Å².